The molecule has 0 atom stereocenters. The molecule has 21 heavy (non-hydrogen) atoms. The summed E-state index contributed by atoms with van der Waals surface area (Å²) < 4.78 is 11.3. The molecule has 0 spiro atoms. The first-order valence-electron chi connectivity index (χ1n) is 6.10. The van der Waals surface area contributed by atoms with Crippen LogP contribution < -0.4 is 4.90 Å². The second-order valence-corrected chi connectivity index (χ2v) is 5.84. The molecule has 0 bridgehead atoms. The van der Waals surface area contributed by atoms with Crippen LogP contribution in [0, 0.1) is 0 Å². The lowest BCUT2D eigenvalue weighted by molar-refractivity contribution is 0.416. The van der Waals surface area contributed by atoms with Gasteiger partial charge in [0.25, 0.3) is 5.89 Å². The molecule has 0 aliphatic carbocycles. The molecule has 0 N–H and O–H groups in total. The highest BCUT2D eigenvalue weighted by atomic mass is 79.9. The zero-order chi connectivity index (χ0) is 15.0. The number of anilines is 1. The average Bonchev–Trinajstić information content (AvgIpc) is 3.07. The first-order valence-corrected chi connectivity index (χ1v) is 7.27. The van der Waals surface area contributed by atoms with E-state index in [1.165, 1.54) is 0 Å². The Balaban J connectivity index is 2.01. The van der Waals surface area contributed by atoms with Gasteiger partial charge < -0.3 is 13.8 Å². The summed E-state index contributed by atoms with van der Waals surface area (Å²) in [4.78, 5) is 6.28. The molecule has 3 rings (SSSR count). The smallest absolute Gasteiger partial charge is 0.295 e. The highest BCUT2D eigenvalue weighted by Gasteiger charge is 2.17. The van der Waals surface area contributed by atoms with E-state index in [9.17, 15) is 0 Å². The minimum absolute atomic E-state index is 0.322. The number of rotatable bonds is 3. The summed E-state index contributed by atoms with van der Waals surface area (Å²) in [6, 6.07) is 7.34. The molecule has 2 heterocycles. The summed E-state index contributed by atoms with van der Waals surface area (Å²) in [6.45, 7) is 0. The molecular weight excluding hydrogens is 358 g/mol. The van der Waals surface area contributed by atoms with Crippen LogP contribution in [0.5, 0.6) is 0 Å². The van der Waals surface area contributed by atoms with Crippen molar-refractivity contribution in [1.29, 1.82) is 0 Å². The molecule has 7 heteroatoms. The SMILES string of the molecule is CN(C)c1cc(-c2noc(-c3occc3Br)n2)ccc1Cl. The topological polar surface area (TPSA) is 55.3 Å². The van der Waals surface area contributed by atoms with Crippen molar-refractivity contribution in [2.75, 3.05) is 19.0 Å². The van der Waals surface area contributed by atoms with Crippen molar-refractivity contribution in [3.05, 3.63) is 40.0 Å². The van der Waals surface area contributed by atoms with Crippen molar-refractivity contribution >= 4 is 33.2 Å². The molecule has 0 radical (unpaired) electrons. The van der Waals surface area contributed by atoms with Crippen molar-refractivity contribution in [3.8, 4) is 23.0 Å². The summed E-state index contributed by atoms with van der Waals surface area (Å²) in [6.07, 6.45) is 1.55. The third-order valence-electron chi connectivity index (χ3n) is 2.92. The Morgan fingerprint density at radius 3 is 2.71 bits per heavy atom. The Labute approximate surface area is 134 Å². The van der Waals surface area contributed by atoms with E-state index in [1.807, 2.05) is 37.2 Å². The summed E-state index contributed by atoms with van der Waals surface area (Å²) in [5.41, 5.74) is 1.71. The predicted molar refractivity (Wildman–Crippen MR) is 84.5 cm³/mol. The van der Waals surface area contributed by atoms with Crippen LogP contribution in [0.3, 0.4) is 0 Å². The monoisotopic (exact) mass is 367 g/mol. The van der Waals surface area contributed by atoms with Crippen LogP contribution in [0.15, 0.2) is 43.9 Å². The third-order valence-corrected chi connectivity index (χ3v) is 3.87. The maximum absolute atomic E-state index is 6.16. The van der Waals surface area contributed by atoms with Gasteiger partial charge in [0.05, 0.1) is 21.4 Å². The number of nitrogens with zero attached hydrogens (tertiary/aromatic N) is 3. The van der Waals surface area contributed by atoms with Gasteiger partial charge in [0.1, 0.15) is 0 Å². The van der Waals surface area contributed by atoms with Crippen LogP contribution in [0.2, 0.25) is 5.02 Å². The van der Waals surface area contributed by atoms with Gasteiger partial charge in [-0.3, -0.25) is 0 Å². The number of furan rings is 1. The van der Waals surface area contributed by atoms with Crippen molar-refractivity contribution in [3.63, 3.8) is 0 Å². The Morgan fingerprint density at radius 2 is 2.05 bits per heavy atom. The van der Waals surface area contributed by atoms with Crippen LogP contribution >= 0.6 is 27.5 Å². The lowest BCUT2D eigenvalue weighted by atomic mass is 10.2. The molecule has 108 valence electrons. The molecule has 1 aromatic carbocycles. The Kier molecular flexibility index (Phi) is 3.73. The molecule has 0 aliphatic heterocycles. The van der Waals surface area contributed by atoms with E-state index >= 15 is 0 Å². The lowest BCUT2D eigenvalue weighted by Gasteiger charge is -2.14. The second kappa shape index (κ2) is 5.54. The molecule has 0 aliphatic rings. The lowest BCUT2D eigenvalue weighted by Crippen LogP contribution is -2.09. The number of halogens is 2. The van der Waals surface area contributed by atoms with Crippen molar-refractivity contribution < 1.29 is 8.94 Å². The number of benzene rings is 1. The highest BCUT2D eigenvalue weighted by Crippen LogP contribution is 2.32. The molecule has 0 saturated carbocycles. The third kappa shape index (κ3) is 2.69. The van der Waals surface area contributed by atoms with E-state index < -0.39 is 0 Å². The Bertz CT molecular complexity index is 782. The standard InChI is InChI=1S/C14H11BrClN3O2/c1-19(2)11-7-8(3-4-10(11)16)13-17-14(21-18-13)12-9(15)5-6-20-12/h3-7H,1-2H3. The van der Waals surface area contributed by atoms with Crippen LogP contribution in [0.1, 0.15) is 0 Å². The van der Waals surface area contributed by atoms with Crippen molar-refractivity contribution in [2.24, 2.45) is 0 Å². The quantitative estimate of drug-likeness (QED) is 0.682. The maximum Gasteiger partial charge on any atom is 0.295 e. The van der Waals surface area contributed by atoms with Gasteiger partial charge in [0, 0.05) is 19.7 Å². The summed E-state index contributed by atoms with van der Waals surface area (Å²) >= 11 is 9.52. The van der Waals surface area contributed by atoms with Gasteiger partial charge in [-0.15, -0.1) is 0 Å². The van der Waals surface area contributed by atoms with Crippen molar-refractivity contribution in [1.82, 2.24) is 10.1 Å². The fourth-order valence-electron chi connectivity index (χ4n) is 1.87. The summed E-state index contributed by atoms with van der Waals surface area (Å²) in [5.74, 6) is 1.31. The van der Waals surface area contributed by atoms with E-state index in [1.54, 1.807) is 12.3 Å². The van der Waals surface area contributed by atoms with Crippen LogP contribution in [0.25, 0.3) is 23.0 Å². The van der Waals surface area contributed by atoms with Gasteiger partial charge >= 0.3 is 0 Å². The fourth-order valence-corrected chi connectivity index (χ4v) is 2.53. The van der Waals surface area contributed by atoms with E-state index in [4.69, 9.17) is 20.5 Å². The molecule has 0 saturated heterocycles. The van der Waals surface area contributed by atoms with Crippen LogP contribution in [-0.2, 0) is 0 Å². The number of aromatic nitrogens is 2. The molecule has 0 fully saturated rings. The molecule has 5 nitrogen and oxygen atoms in total. The first-order chi connectivity index (χ1) is 10.1. The number of hydrogen-bond acceptors (Lipinski definition) is 5. The van der Waals surface area contributed by atoms with E-state index in [2.05, 4.69) is 26.1 Å². The molecule has 2 aromatic heterocycles. The van der Waals surface area contributed by atoms with Gasteiger partial charge in [0.15, 0.2) is 0 Å². The predicted octanol–water partition coefficient (Wildman–Crippen LogP) is 4.48. The normalized spacial score (nSPS) is 10.9. The number of hydrogen-bond donors (Lipinski definition) is 0. The Hall–Kier alpha value is -1.79. The minimum Gasteiger partial charge on any atom is -0.458 e. The second-order valence-electron chi connectivity index (χ2n) is 4.58. The zero-order valence-electron chi connectivity index (χ0n) is 11.3. The van der Waals surface area contributed by atoms with Gasteiger partial charge in [0.2, 0.25) is 11.6 Å². The highest BCUT2D eigenvalue weighted by molar-refractivity contribution is 9.10. The molecule has 0 unspecified atom stereocenters. The van der Waals surface area contributed by atoms with Crippen LogP contribution in [0.4, 0.5) is 5.69 Å². The zero-order valence-corrected chi connectivity index (χ0v) is 13.6. The minimum atomic E-state index is 0.322. The maximum atomic E-state index is 6.16. The first kappa shape index (κ1) is 14.2. The summed E-state index contributed by atoms with van der Waals surface area (Å²) in [5, 5.41) is 4.65. The average molecular weight is 369 g/mol. The fraction of sp³-hybridized carbons (Fsp3) is 0.143. The van der Waals surface area contributed by atoms with Gasteiger partial charge in [-0.05, 0) is 40.2 Å². The van der Waals surface area contributed by atoms with Crippen molar-refractivity contribution in [2.45, 2.75) is 0 Å². The molecule has 0 amide bonds. The van der Waals surface area contributed by atoms with Crippen LogP contribution in [-0.4, -0.2) is 24.2 Å². The largest absolute Gasteiger partial charge is 0.458 e. The Morgan fingerprint density at radius 1 is 1.24 bits per heavy atom. The van der Waals surface area contributed by atoms with Gasteiger partial charge in [-0.25, -0.2) is 0 Å². The van der Waals surface area contributed by atoms with E-state index in [-0.39, 0.29) is 0 Å². The molecular formula is C14H11BrClN3O2. The van der Waals surface area contributed by atoms with E-state index in [0.717, 1.165) is 15.7 Å². The summed E-state index contributed by atoms with van der Waals surface area (Å²) in [7, 11) is 3.85. The van der Waals surface area contributed by atoms with Gasteiger partial charge in [-0.2, -0.15) is 4.98 Å². The van der Waals surface area contributed by atoms with E-state index in [0.29, 0.717) is 22.5 Å². The van der Waals surface area contributed by atoms with Gasteiger partial charge in [-0.1, -0.05) is 16.8 Å². The molecule has 3 aromatic rings.